The average molecular weight is 332 g/mol. The molecule has 0 saturated carbocycles. The second kappa shape index (κ2) is 9.84. The van der Waals surface area contributed by atoms with Crippen LogP contribution in [0.3, 0.4) is 0 Å². The smallest absolute Gasteiger partial charge is 0.0518 e. The summed E-state index contributed by atoms with van der Waals surface area (Å²) < 4.78 is 6.63. The van der Waals surface area contributed by atoms with Crippen LogP contribution >= 0.6 is 27.7 Å². The van der Waals surface area contributed by atoms with Gasteiger partial charge in [-0.05, 0) is 45.0 Å². The van der Waals surface area contributed by atoms with Gasteiger partial charge in [0.05, 0.1) is 6.10 Å². The minimum absolute atomic E-state index is 0.345. The number of hydrogen-bond acceptors (Lipinski definition) is 3. The number of hydrogen-bond donors (Lipinski definition) is 1. The maximum atomic E-state index is 5.48. The first kappa shape index (κ1) is 16.0. The van der Waals surface area contributed by atoms with Crippen molar-refractivity contribution < 1.29 is 4.74 Å². The Kier molecular flexibility index (Phi) is 8.76. The molecule has 0 heterocycles. The van der Waals surface area contributed by atoms with Gasteiger partial charge in [0.15, 0.2) is 0 Å². The van der Waals surface area contributed by atoms with Crippen LogP contribution in [0.1, 0.15) is 20.3 Å². The van der Waals surface area contributed by atoms with Crippen molar-refractivity contribution in [3.63, 3.8) is 0 Å². The van der Waals surface area contributed by atoms with Crippen molar-refractivity contribution in [2.75, 3.05) is 25.4 Å². The lowest BCUT2D eigenvalue weighted by Crippen LogP contribution is -2.20. The fourth-order valence-electron chi connectivity index (χ4n) is 1.44. The molecule has 0 fully saturated rings. The molecule has 0 bridgehead atoms. The van der Waals surface area contributed by atoms with Gasteiger partial charge in [0.1, 0.15) is 0 Å². The number of nitrogens with one attached hydrogen (secondary N) is 1. The molecule has 4 heteroatoms. The number of benzene rings is 1. The monoisotopic (exact) mass is 331 g/mol. The number of ether oxygens (including phenoxy) is 1. The maximum absolute atomic E-state index is 5.48. The van der Waals surface area contributed by atoms with Crippen molar-refractivity contribution in [3.8, 4) is 0 Å². The highest BCUT2D eigenvalue weighted by molar-refractivity contribution is 9.10. The summed E-state index contributed by atoms with van der Waals surface area (Å²) in [5.41, 5.74) is 0. The van der Waals surface area contributed by atoms with Gasteiger partial charge in [0.25, 0.3) is 0 Å². The Morgan fingerprint density at radius 1 is 1.33 bits per heavy atom. The zero-order valence-electron chi connectivity index (χ0n) is 11.1. The van der Waals surface area contributed by atoms with Crippen LogP contribution in [0.25, 0.3) is 0 Å². The van der Waals surface area contributed by atoms with Crippen LogP contribution in [0.4, 0.5) is 0 Å². The van der Waals surface area contributed by atoms with Crippen molar-refractivity contribution in [3.05, 3.63) is 28.7 Å². The molecule has 0 amide bonds. The molecule has 0 aromatic heterocycles. The van der Waals surface area contributed by atoms with Gasteiger partial charge in [-0.3, -0.25) is 0 Å². The molecule has 0 unspecified atom stereocenters. The Bertz CT molecular complexity index is 333. The van der Waals surface area contributed by atoms with E-state index in [1.165, 1.54) is 4.90 Å². The SMILES string of the molecule is CC(C)OCCCNCCSc1cccc(Br)c1. The third-order valence-corrected chi connectivity index (χ3v) is 3.78. The summed E-state index contributed by atoms with van der Waals surface area (Å²) in [5.74, 6) is 1.10. The van der Waals surface area contributed by atoms with E-state index in [2.05, 4.69) is 59.4 Å². The molecule has 0 atom stereocenters. The van der Waals surface area contributed by atoms with E-state index in [1.54, 1.807) is 0 Å². The first-order valence-electron chi connectivity index (χ1n) is 6.39. The quantitative estimate of drug-likeness (QED) is 0.547. The largest absolute Gasteiger partial charge is 0.379 e. The molecular weight excluding hydrogens is 310 g/mol. The fraction of sp³-hybridized carbons (Fsp3) is 0.571. The topological polar surface area (TPSA) is 21.3 Å². The van der Waals surface area contributed by atoms with E-state index in [0.717, 1.165) is 36.3 Å². The summed E-state index contributed by atoms with van der Waals surface area (Å²) in [7, 11) is 0. The summed E-state index contributed by atoms with van der Waals surface area (Å²) in [4.78, 5) is 1.31. The van der Waals surface area contributed by atoms with Crippen molar-refractivity contribution in [2.24, 2.45) is 0 Å². The van der Waals surface area contributed by atoms with E-state index < -0.39 is 0 Å². The lowest BCUT2D eigenvalue weighted by molar-refractivity contribution is 0.0772. The molecule has 1 aromatic rings. The molecule has 0 aliphatic heterocycles. The van der Waals surface area contributed by atoms with Gasteiger partial charge in [0.2, 0.25) is 0 Å². The Balaban J connectivity index is 1.96. The molecule has 0 radical (unpaired) electrons. The number of rotatable bonds is 9. The van der Waals surface area contributed by atoms with Gasteiger partial charge in [-0.2, -0.15) is 0 Å². The molecule has 1 N–H and O–H groups in total. The van der Waals surface area contributed by atoms with Crippen LogP contribution in [0.2, 0.25) is 0 Å². The Hall–Kier alpha value is -0.0300. The van der Waals surface area contributed by atoms with Crippen LogP contribution in [0.5, 0.6) is 0 Å². The van der Waals surface area contributed by atoms with Crippen LogP contribution in [0, 0.1) is 0 Å². The summed E-state index contributed by atoms with van der Waals surface area (Å²) in [6, 6.07) is 8.42. The molecule has 0 aliphatic carbocycles. The molecule has 0 spiro atoms. The third kappa shape index (κ3) is 8.14. The lowest BCUT2D eigenvalue weighted by Gasteiger charge is -2.08. The summed E-state index contributed by atoms with van der Waals surface area (Å²) in [6.45, 7) is 7.07. The second-order valence-corrected chi connectivity index (χ2v) is 6.41. The maximum Gasteiger partial charge on any atom is 0.0518 e. The molecule has 0 aliphatic rings. The average Bonchev–Trinajstić information content (AvgIpc) is 2.32. The van der Waals surface area contributed by atoms with Gasteiger partial charge in [-0.25, -0.2) is 0 Å². The van der Waals surface area contributed by atoms with E-state index >= 15 is 0 Å². The van der Waals surface area contributed by atoms with Crippen LogP contribution in [0.15, 0.2) is 33.6 Å². The van der Waals surface area contributed by atoms with Crippen LogP contribution < -0.4 is 5.32 Å². The summed E-state index contributed by atoms with van der Waals surface area (Å²) >= 11 is 5.36. The molecule has 0 saturated heterocycles. The van der Waals surface area contributed by atoms with E-state index in [-0.39, 0.29) is 0 Å². The van der Waals surface area contributed by atoms with E-state index in [9.17, 15) is 0 Å². The highest BCUT2D eigenvalue weighted by atomic mass is 79.9. The lowest BCUT2D eigenvalue weighted by atomic mass is 10.4. The molecule has 1 aromatic carbocycles. The zero-order valence-corrected chi connectivity index (χ0v) is 13.5. The predicted octanol–water partition coefficient (Wildman–Crippen LogP) is 3.95. The first-order chi connectivity index (χ1) is 8.68. The molecule has 1 rings (SSSR count). The zero-order chi connectivity index (χ0) is 13.2. The van der Waals surface area contributed by atoms with E-state index in [1.807, 2.05) is 11.8 Å². The second-order valence-electron chi connectivity index (χ2n) is 4.33. The molecule has 102 valence electrons. The van der Waals surface area contributed by atoms with Gasteiger partial charge in [0, 0.05) is 28.3 Å². The standard InChI is InChI=1S/C14H22BrNOS/c1-12(2)17-9-4-7-16-8-10-18-14-6-3-5-13(15)11-14/h3,5-6,11-12,16H,4,7-10H2,1-2H3. The van der Waals surface area contributed by atoms with Crippen LogP contribution in [-0.2, 0) is 4.74 Å². The summed E-state index contributed by atoms with van der Waals surface area (Å²) in [5, 5.41) is 3.43. The minimum Gasteiger partial charge on any atom is -0.379 e. The Morgan fingerprint density at radius 3 is 2.89 bits per heavy atom. The van der Waals surface area contributed by atoms with Gasteiger partial charge >= 0.3 is 0 Å². The van der Waals surface area contributed by atoms with Gasteiger partial charge < -0.3 is 10.1 Å². The third-order valence-electron chi connectivity index (χ3n) is 2.29. The highest BCUT2D eigenvalue weighted by Crippen LogP contribution is 2.21. The Labute approximate surface area is 123 Å². The minimum atomic E-state index is 0.345. The van der Waals surface area contributed by atoms with Gasteiger partial charge in [-0.15, -0.1) is 11.8 Å². The van der Waals surface area contributed by atoms with Crippen LogP contribution in [-0.4, -0.2) is 31.6 Å². The van der Waals surface area contributed by atoms with Gasteiger partial charge in [-0.1, -0.05) is 22.0 Å². The summed E-state index contributed by atoms with van der Waals surface area (Å²) in [6.07, 6.45) is 1.43. The Morgan fingerprint density at radius 2 is 2.17 bits per heavy atom. The van der Waals surface area contributed by atoms with E-state index in [4.69, 9.17) is 4.74 Å². The number of halogens is 1. The van der Waals surface area contributed by atoms with E-state index in [0.29, 0.717) is 6.10 Å². The normalized spacial score (nSPS) is 11.1. The molecule has 18 heavy (non-hydrogen) atoms. The highest BCUT2D eigenvalue weighted by Gasteiger charge is 1.96. The first-order valence-corrected chi connectivity index (χ1v) is 8.17. The van der Waals surface area contributed by atoms with Crippen molar-refractivity contribution in [1.82, 2.24) is 5.32 Å². The molecule has 2 nitrogen and oxygen atoms in total. The van der Waals surface area contributed by atoms with Crippen molar-refractivity contribution >= 4 is 27.7 Å². The molecular formula is C14H22BrNOS. The van der Waals surface area contributed by atoms with Crippen molar-refractivity contribution in [2.45, 2.75) is 31.3 Å². The van der Waals surface area contributed by atoms with Crippen molar-refractivity contribution in [1.29, 1.82) is 0 Å². The number of thioether (sulfide) groups is 1. The fourth-order valence-corrected chi connectivity index (χ4v) is 2.86. The predicted molar refractivity (Wildman–Crippen MR) is 83.4 cm³/mol.